The van der Waals surface area contributed by atoms with Crippen LogP contribution in [0, 0.1) is 15.9 Å². The predicted molar refractivity (Wildman–Crippen MR) is 115 cm³/mol. The summed E-state index contributed by atoms with van der Waals surface area (Å²) < 4.78 is 16.0. The maximum atomic E-state index is 14.7. The van der Waals surface area contributed by atoms with Crippen LogP contribution < -0.4 is 5.32 Å². The highest BCUT2D eigenvalue weighted by Gasteiger charge is 2.23. The molecule has 4 rings (SSSR count). The zero-order valence-corrected chi connectivity index (χ0v) is 18.2. The first kappa shape index (κ1) is 22.7. The number of hydrogen-bond donors (Lipinski definition) is 2. The number of aromatic nitrogens is 5. The van der Waals surface area contributed by atoms with Crippen molar-refractivity contribution >= 4 is 29.2 Å². The highest BCUT2D eigenvalue weighted by atomic mass is 32.2. The first-order chi connectivity index (χ1) is 16.0. The van der Waals surface area contributed by atoms with Crippen molar-refractivity contribution in [1.29, 1.82) is 0 Å². The summed E-state index contributed by atoms with van der Waals surface area (Å²) in [4.78, 5) is 28.0. The molecule has 1 aliphatic rings. The van der Waals surface area contributed by atoms with E-state index in [1.807, 2.05) is 0 Å². The summed E-state index contributed by atoms with van der Waals surface area (Å²) in [6, 6.07) is 5.12. The number of rotatable bonds is 8. The molecule has 0 spiro atoms. The van der Waals surface area contributed by atoms with Gasteiger partial charge in [0.15, 0.2) is 11.6 Å². The Kier molecular flexibility index (Phi) is 6.89. The number of amides is 1. The number of carbonyl (C=O) groups is 1. The van der Waals surface area contributed by atoms with Gasteiger partial charge in [-0.15, -0.1) is 5.10 Å². The lowest BCUT2D eigenvalue weighted by Gasteiger charge is -2.12. The summed E-state index contributed by atoms with van der Waals surface area (Å²) >= 11 is 0.988. The number of aliphatic hydroxyl groups excluding tert-OH is 1. The largest absolute Gasteiger partial charge is 0.394 e. The number of halogens is 1. The van der Waals surface area contributed by atoms with Crippen molar-refractivity contribution in [3.05, 3.63) is 57.5 Å². The van der Waals surface area contributed by atoms with Gasteiger partial charge < -0.3 is 10.4 Å². The molecule has 0 bridgehead atoms. The Morgan fingerprint density at radius 2 is 2.12 bits per heavy atom. The van der Waals surface area contributed by atoms with Gasteiger partial charge in [-0.3, -0.25) is 14.9 Å². The SMILES string of the molecule is O=C(Nc1ncc(C2CCCC2)cc1F)c1cc([N+](=O)[O-])ccc1Sc1nnnn1CCO. The van der Waals surface area contributed by atoms with Gasteiger partial charge in [0.2, 0.25) is 5.16 Å². The minimum absolute atomic E-state index is 0.0613. The molecule has 2 aromatic heterocycles. The third-order valence-electron chi connectivity index (χ3n) is 5.35. The molecule has 172 valence electrons. The van der Waals surface area contributed by atoms with Crippen molar-refractivity contribution in [2.75, 3.05) is 11.9 Å². The number of nitro groups is 1. The van der Waals surface area contributed by atoms with Gasteiger partial charge in [0.25, 0.3) is 11.6 Å². The molecule has 2 N–H and O–H groups in total. The monoisotopic (exact) mass is 473 g/mol. The fourth-order valence-corrected chi connectivity index (χ4v) is 4.61. The van der Waals surface area contributed by atoms with Crippen LogP contribution in [0.3, 0.4) is 0 Å². The number of benzene rings is 1. The summed E-state index contributed by atoms with van der Waals surface area (Å²) in [5, 5.41) is 34.2. The molecule has 2 heterocycles. The Hall–Kier alpha value is -3.45. The van der Waals surface area contributed by atoms with Gasteiger partial charge in [-0.05, 0) is 58.6 Å². The van der Waals surface area contributed by atoms with Crippen molar-refractivity contribution in [3.63, 3.8) is 0 Å². The van der Waals surface area contributed by atoms with Crippen LogP contribution >= 0.6 is 11.8 Å². The second kappa shape index (κ2) is 10.0. The zero-order chi connectivity index (χ0) is 23.4. The third kappa shape index (κ3) is 5.14. The van der Waals surface area contributed by atoms with Gasteiger partial charge >= 0.3 is 0 Å². The van der Waals surface area contributed by atoms with Crippen molar-refractivity contribution in [2.24, 2.45) is 0 Å². The first-order valence-electron chi connectivity index (χ1n) is 10.3. The average molecular weight is 473 g/mol. The Labute approximate surface area is 191 Å². The molecule has 0 radical (unpaired) electrons. The lowest BCUT2D eigenvalue weighted by molar-refractivity contribution is -0.384. The number of tetrazole rings is 1. The molecule has 0 aliphatic heterocycles. The number of hydrogen-bond acceptors (Lipinski definition) is 9. The number of anilines is 1. The van der Waals surface area contributed by atoms with E-state index in [1.165, 1.54) is 22.9 Å². The van der Waals surface area contributed by atoms with Crippen LogP contribution in [0.2, 0.25) is 0 Å². The summed E-state index contributed by atoms with van der Waals surface area (Å²) in [6.45, 7) is -0.0691. The van der Waals surface area contributed by atoms with Gasteiger partial charge in [0, 0.05) is 23.2 Å². The van der Waals surface area contributed by atoms with Crippen molar-refractivity contribution in [1.82, 2.24) is 25.2 Å². The van der Waals surface area contributed by atoms with Crippen molar-refractivity contribution in [2.45, 2.75) is 48.2 Å². The molecule has 0 saturated heterocycles. The van der Waals surface area contributed by atoms with E-state index in [-0.39, 0.29) is 41.3 Å². The van der Waals surface area contributed by atoms with Crippen LogP contribution in [-0.2, 0) is 6.54 Å². The number of nitro benzene ring substituents is 1. The molecule has 1 amide bonds. The van der Waals surface area contributed by atoms with Crippen molar-refractivity contribution < 1.29 is 19.2 Å². The Morgan fingerprint density at radius 1 is 1.33 bits per heavy atom. The third-order valence-corrected chi connectivity index (χ3v) is 6.40. The standard InChI is InChI=1S/C20H20FN7O4S/c21-16-9-13(12-3-1-2-4-12)11-22-18(16)23-19(30)15-10-14(28(31)32)5-6-17(15)33-20-24-25-26-27(20)7-8-29/h5-6,9-12,29H,1-4,7-8H2,(H,22,23,30). The van der Waals surface area contributed by atoms with Crippen molar-refractivity contribution in [3.8, 4) is 0 Å². The van der Waals surface area contributed by atoms with Crippen LogP contribution in [-0.4, -0.2) is 47.7 Å². The lowest BCUT2D eigenvalue weighted by Crippen LogP contribution is -2.16. The summed E-state index contributed by atoms with van der Waals surface area (Å²) in [5.74, 6) is -1.42. The Morgan fingerprint density at radius 3 is 2.82 bits per heavy atom. The first-order valence-corrected chi connectivity index (χ1v) is 11.1. The molecular weight excluding hydrogens is 453 g/mol. The van der Waals surface area contributed by atoms with Gasteiger partial charge in [-0.25, -0.2) is 14.1 Å². The topological polar surface area (TPSA) is 149 Å². The predicted octanol–water partition coefficient (Wildman–Crippen LogP) is 3.17. The van der Waals surface area contributed by atoms with E-state index in [0.29, 0.717) is 4.90 Å². The second-order valence-corrected chi connectivity index (χ2v) is 8.49. The van der Waals surface area contributed by atoms with Crippen LogP contribution in [0.5, 0.6) is 0 Å². The van der Waals surface area contributed by atoms with E-state index in [1.54, 1.807) is 6.20 Å². The second-order valence-electron chi connectivity index (χ2n) is 7.48. The molecule has 3 aromatic rings. The van der Waals surface area contributed by atoms with Crippen LogP contribution in [0.1, 0.15) is 47.5 Å². The zero-order valence-electron chi connectivity index (χ0n) is 17.3. The van der Waals surface area contributed by atoms with Crippen LogP contribution in [0.15, 0.2) is 40.5 Å². The molecule has 0 unspecified atom stereocenters. The van der Waals surface area contributed by atoms with Gasteiger partial charge in [-0.2, -0.15) is 0 Å². The van der Waals surface area contributed by atoms with Crippen LogP contribution in [0.25, 0.3) is 0 Å². The Balaban J connectivity index is 1.61. The molecule has 1 aliphatic carbocycles. The van der Waals surface area contributed by atoms with E-state index in [4.69, 9.17) is 5.11 Å². The summed E-state index contributed by atoms with van der Waals surface area (Å²) in [7, 11) is 0. The number of nitrogens with one attached hydrogen (secondary N) is 1. The highest BCUT2D eigenvalue weighted by molar-refractivity contribution is 7.99. The van der Waals surface area contributed by atoms with Gasteiger partial charge in [0.05, 0.1) is 23.6 Å². The maximum Gasteiger partial charge on any atom is 0.270 e. The minimum atomic E-state index is -0.762. The molecular formula is C20H20FN7O4S. The minimum Gasteiger partial charge on any atom is -0.394 e. The smallest absolute Gasteiger partial charge is 0.270 e. The number of nitrogens with zero attached hydrogens (tertiary/aromatic N) is 6. The molecule has 1 aromatic carbocycles. The van der Waals surface area contributed by atoms with E-state index in [0.717, 1.165) is 49.1 Å². The number of carbonyl (C=O) groups excluding carboxylic acids is 1. The number of non-ortho nitro benzene ring substituents is 1. The lowest BCUT2D eigenvalue weighted by atomic mass is 9.99. The normalized spacial score (nSPS) is 13.9. The fraction of sp³-hybridized carbons (Fsp3) is 0.350. The van der Waals surface area contributed by atoms with E-state index in [2.05, 4.69) is 25.8 Å². The van der Waals surface area contributed by atoms with Gasteiger partial charge in [-0.1, -0.05) is 12.8 Å². The summed E-state index contributed by atoms with van der Waals surface area (Å²) in [6.07, 6.45) is 5.72. The van der Waals surface area contributed by atoms with Crippen LogP contribution in [0.4, 0.5) is 15.9 Å². The molecule has 13 heteroatoms. The van der Waals surface area contributed by atoms with E-state index in [9.17, 15) is 19.3 Å². The summed E-state index contributed by atoms with van der Waals surface area (Å²) in [5.41, 5.74) is 0.434. The molecule has 33 heavy (non-hydrogen) atoms. The Bertz CT molecular complexity index is 1180. The molecule has 1 fully saturated rings. The average Bonchev–Trinajstić information content (AvgIpc) is 3.48. The molecule has 11 nitrogen and oxygen atoms in total. The number of pyridine rings is 1. The fourth-order valence-electron chi connectivity index (χ4n) is 3.70. The maximum absolute atomic E-state index is 14.7. The van der Waals surface area contributed by atoms with E-state index >= 15 is 0 Å². The molecule has 0 atom stereocenters. The molecule has 1 saturated carbocycles. The van der Waals surface area contributed by atoms with Gasteiger partial charge in [0.1, 0.15) is 0 Å². The number of aliphatic hydroxyl groups is 1. The highest BCUT2D eigenvalue weighted by Crippen LogP contribution is 2.35. The quantitative estimate of drug-likeness (QED) is 0.371. The van der Waals surface area contributed by atoms with E-state index < -0.39 is 16.6 Å².